The van der Waals surface area contributed by atoms with Crippen LogP contribution in [0.2, 0.25) is 0 Å². The van der Waals surface area contributed by atoms with Crippen molar-refractivity contribution in [3.05, 3.63) is 64.7 Å². The largest absolute Gasteiger partial charge is 0.488 e. The molecule has 1 saturated heterocycles. The molecule has 3 heterocycles. The molecule has 0 spiro atoms. The number of carboxylic acid groups (broad SMARTS) is 1. The molecule has 4 amide bonds. The normalized spacial score (nSPS) is 25.3. The molecule has 0 aromatic heterocycles. The number of imide groups is 1. The molecule has 3 aliphatic heterocycles. The number of ether oxygens (including phenoxy) is 1. The van der Waals surface area contributed by atoms with Crippen LogP contribution in [-0.4, -0.2) is 81.7 Å². The van der Waals surface area contributed by atoms with E-state index in [1.807, 2.05) is 18.2 Å². The van der Waals surface area contributed by atoms with Gasteiger partial charge < -0.3 is 19.6 Å². The van der Waals surface area contributed by atoms with Gasteiger partial charge in [-0.2, -0.15) is 0 Å². The van der Waals surface area contributed by atoms with E-state index >= 15 is 0 Å². The number of rotatable bonds is 6. The summed E-state index contributed by atoms with van der Waals surface area (Å²) in [6.07, 6.45) is 3.43. The quantitative estimate of drug-likeness (QED) is 0.526. The van der Waals surface area contributed by atoms with Crippen LogP contribution in [0.1, 0.15) is 76.9 Å². The maximum Gasteiger partial charge on any atom is 0.307 e. The first-order chi connectivity index (χ1) is 20.2. The molecule has 2 aromatic carbocycles. The van der Waals surface area contributed by atoms with Gasteiger partial charge >= 0.3 is 5.97 Å². The summed E-state index contributed by atoms with van der Waals surface area (Å²) in [5, 5.41) is 9.93. The molecule has 0 unspecified atom stereocenters. The maximum atomic E-state index is 14.2. The third-order valence-corrected chi connectivity index (χ3v) is 9.29. The molecule has 6 rings (SSSR count). The lowest BCUT2D eigenvalue weighted by molar-refractivity contribution is -0.153. The predicted octanol–water partition coefficient (Wildman–Crippen LogP) is 3.30. The molecule has 2 aromatic rings. The molecular formula is C32H35N3O7. The minimum atomic E-state index is -0.970. The summed E-state index contributed by atoms with van der Waals surface area (Å²) in [4.78, 5) is 69.7. The fourth-order valence-electron chi connectivity index (χ4n) is 7.10. The van der Waals surface area contributed by atoms with Gasteiger partial charge in [-0.15, -0.1) is 0 Å². The summed E-state index contributed by atoms with van der Waals surface area (Å²) in [6.45, 7) is 2.85. The second-order valence-electron chi connectivity index (χ2n) is 11.7. The third-order valence-electron chi connectivity index (χ3n) is 9.29. The van der Waals surface area contributed by atoms with Crippen molar-refractivity contribution in [2.45, 2.75) is 57.6 Å². The Kier molecular flexibility index (Phi) is 7.47. The van der Waals surface area contributed by atoms with E-state index < -0.39 is 35.7 Å². The molecule has 0 radical (unpaired) electrons. The summed E-state index contributed by atoms with van der Waals surface area (Å²) in [5.74, 6) is -2.96. The van der Waals surface area contributed by atoms with Gasteiger partial charge in [0.05, 0.1) is 42.1 Å². The first-order valence-electron chi connectivity index (χ1n) is 14.8. The van der Waals surface area contributed by atoms with Crippen molar-refractivity contribution in [1.82, 2.24) is 14.7 Å². The second kappa shape index (κ2) is 11.2. The van der Waals surface area contributed by atoms with Gasteiger partial charge in [0, 0.05) is 32.0 Å². The van der Waals surface area contributed by atoms with Crippen LogP contribution in [0, 0.1) is 11.8 Å². The molecule has 220 valence electrons. The van der Waals surface area contributed by atoms with Crippen LogP contribution < -0.4 is 4.74 Å². The van der Waals surface area contributed by atoms with E-state index in [1.54, 1.807) is 34.1 Å². The SMILES string of the molecule is CC(=O)N1CC[C@H](Oc2cccc3c2[C@@H](CN2C(=O)c4ccccc4C2=O)N(C(=O)[C@@H]2CCCC[C@@H]2C(=O)O)CC3)C1. The molecular weight excluding hydrogens is 538 g/mol. The van der Waals surface area contributed by atoms with Crippen LogP contribution in [0.3, 0.4) is 0 Å². The summed E-state index contributed by atoms with van der Waals surface area (Å²) >= 11 is 0. The lowest BCUT2D eigenvalue weighted by atomic mass is 9.77. The Balaban J connectivity index is 1.37. The van der Waals surface area contributed by atoms with Crippen LogP contribution in [0.15, 0.2) is 42.5 Å². The summed E-state index contributed by atoms with van der Waals surface area (Å²) in [7, 11) is 0. The number of carboxylic acids is 1. The highest BCUT2D eigenvalue weighted by atomic mass is 16.5. The molecule has 10 heteroatoms. The molecule has 1 N–H and O–H groups in total. The van der Waals surface area contributed by atoms with Crippen LogP contribution in [0.5, 0.6) is 5.75 Å². The van der Waals surface area contributed by atoms with Crippen molar-refractivity contribution in [2.75, 3.05) is 26.2 Å². The molecule has 1 saturated carbocycles. The number of nitrogens with zero attached hydrogens (tertiary/aromatic N) is 3. The fourth-order valence-corrected chi connectivity index (χ4v) is 7.10. The van der Waals surface area contributed by atoms with Crippen LogP contribution in [0.4, 0.5) is 0 Å². The van der Waals surface area contributed by atoms with Crippen molar-refractivity contribution in [2.24, 2.45) is 11.8 Å². The number of benzene rings is 2. The standard InChI is InChI=1S/C32H35N3O7/c1-19(36)33-15-14-21(17-33)42-27-12-6-7-20-13-16-34(29(37)24-10-4-5-11-25(24)32(40)41)26(28(20)27)18-35-30(38)22-8-2-3-9-23(22)31(35)39/h2-3,6-9,12,21,24-26H,4-5,10-11,13-18H2,1H3,(H,40,41)/t21-,24+,25-,26+/m0/s1. The second-order valence-corrected chi connectivity index (χ2v) is 11.7. The van der Waals surface area contributed by atoms with Gasteiger partial charge in [-0.3, -0.25) is 28.9 Å². The van der Waals surface area contributed by atoms with Gasteiger partial charge in [-0.1, -0.05) is 37.1 Å². The number of likely N-dealkylation sites (tertiary alicyclic amines) is 1. The molecule has 42 heavy (non-hydrogen) atoms. The van der Waals surface area contributed by atoms with Gasteiger partial charge in [-0.25, -0.2) is 0 Å². The predicted molar refractivity (Wildman–Crippen MR) is 151 cm³/mol. The van der Waals surface area contributed by atoms with Gasteiger partial charge in [0.1, 0.15) is 11.9 Å². The Labute approximate surface area is 244 Å². The Hall–Kier alpha value is -4.21. The summed E-state index contributed by atoms with van der Waals surface area (Å²) < 4.78 is 6.48. The van der Waals surface area contributed by atoms with Gasteiger partial charge in [0.2, 0.25) is 11.8 Å². The molecule has 10 nitrogen and oxygen atoms in total. The Morgan fingerprint density at radius 3 is 2.24 bits per heavy atom. The third kappa shape index (κ3) is 4.92. The van der Waals surface area contributed by atoms with Gasteiger partial charge in [0.15, 0.2) is 0 Å². The van der Waals surface area contributed by atoms with Gasteiger partial charge in [0.25, 0.3) is 11.8 Å². The number of hydrogen-bond donors (Lipinski definition) is 1. The highest BCUT2D eigenvalue weighted by molar-refractivity contribution is 6.21. The van der Waals surface area contributed by atoms with Crippen LogP contribution in [-0.2, 0) is 20.8 Å². The number of aliphatic carboxylic acids is 1. The first kappa shape index (κ1) is 27.9. The van der Waals surface area contributed by atoms with E-state index in [2.05, 4.69) is 0 Å². The molecule has 2 fully saturated rings. The zero-order valence-corrected chi connectivity index (χ0v) is 23.7. The topological polar surface area (TPSA) is 125 Å². The molecule has 0 bridgehead atoms. The highest BCUT2D eigenvalue weighted by Crippen LogP contribution is 2.42. The van der Waals surface area contributed by atoms with E-state index in [1.165, 1.54) is 11.8 Å². The monoisotopic (exact) mass is 573 g/mol. The zero-order chi connectivity index (χ0) is 29.5. The number of carbonyl (C=O) groups excluding carboxylic acids is 4. The average Bonchev–Trinajstić information content (AvgIpc) is 3.56. The van der Waals surface area contributed by atoms with E-state index in [9.17, 15) is 29.1 Å². The number of carbonyl (C=O) groups is 5. The smallest absolute Gasteiger partial charge is 0.307 e. The summed E-state index contributed by atoms with van der Waals surface area (Å²) in [6, 6.07) is 11.7. The lowest BCUT2D eigenvalue weighted by Crippen LogP contribution is -2.50. The summed E-state index contributed by atoms with van der Waals surface area (Å²) in [5.41, 5.74) is 2.35. The van der Waals surface area contributed by atoms with Gasteiger partial charge in [-0.05, 0) is 43.0 Å². The molecule has 4 aliphatic rings. The van der Waals surface area contributed by atoms with Crippen LogP contribution >= 0.6 is 0 Å². The van der Waals surface area contributed by atoms with Crippen molar-refractivity contribution >= 4 is 29.6 Å². The van der Waals surface area contributed by atoms with Crippen molar-refractivity contribution < 1.29 is 33.8 Å². The maximum absolute atomic E-state index is 14.2. The van der Waals surface area contributed by atoms with Crippen molar-refractivity contribution in [3.8, 4) is 5.75 Å². The number of fused-ring (bicyclic) bond motifs is 2. The van der Waals surface area contributed by atoms with Crippen molar-refractivity contribution in [3.63, 3.8) is 0 Å². The number of amides is 4. The zero-order valence-electron chi connectivity index (χ0n) is 23.7. The van der Waals surface area contributed by atoms with E-state index in [0.717, 1.165) is 24.0 Å². The molecule has 1 aliphatic carbocycles. The number of hydrogen-bond acceptors (Lipinski definition) is 6. The lowest BCUT2D eigenvalue weighted by Gasteiger charge is -2.42. The minimum Gasteiger partial charge on any atom is -0.488 e. The average molecular weight is 574 g/mol. The highest BCUT2D eigenvalue weighted by Gasteiger charge is 2.45. The van der Waals surface area contributed by atoms with E-state index in [4.69, 9.17) is 4.74 Å². The van der Waals surface area contributed by atoms with Crippen molar-refractivity contribution in [1.29, 1.82) is 0 Å². The molecule has 4 atom stereocenters. The fraction of sp³-hybridized carbons (Fsp3) is 0.469. The Bertz CT molecular complexity index is 1420. The minimum absolute atomic E-state index is 0.0167. The van der Waals surface area contributed by atoms with Crippen LogP contribution in [0.25, 0.3) is 0 Å². The van der Waals surface area contributed by atoms with E-state index in [0.29, 0.717) is 62.2 Å². The Morgan fingerprint density at radius 1 is 0.905 bits per heavy atom. The van der Waals surface area contributed by atoms with E-state index in [-0.39, 0.29) is 24.5 Å². The Morgan fingerprint density at radius 2 is 1.60 bits per heavy atom. The first-order valence-corrected chi connectivity index (χ1v) is 14.8.